The average Bonchev–Trinajstić information content (AvgIpc) is 3.24. The van der Waals surface area contributed by atoms with Crippen LogP contribution in [0.4, 0.5) is 9.18 Å². The van der Waals surface area contributed by atoms with E-state index in [9.17, 15) is 9.18 Å². The van der Waals surface area contributed by atoms with E-state index in [1.165, 1.54) is 6.21 Å². The van der Waals surface area contributed by atoms with E-state index in [-0.39, 0.29) is 12.1 Å². The molecule has 1 aliphatic carbocycles. The third-order valence-corrected chi connectivity index (χ3v) is 6.18. The van der Waals surface area contributed by atoms with Gasteiger partial charge in [0.2, 0.25) is 0 Å². The number of nitrogens with zero attached hydrogens (tertiary/aromatic N) is 3. The molecule has 2 aromatic rings. The summed E-state index contributed by atoms with van der Waals surface area (Å²) in [6, 6.07) is 1.79. The van der Waals surface area contributed by atoms with Crippen LogP contribution < -0.4 is 10.6 Å². The van der Waals surface area contributed by atoms with Crippen LogP contribution in [-0.2, 0) is 4.74 Å². The molecule has 1 spiro atoms. The van der Waals surface area contributed by atoms with E-state index in [1.54, 1.807) is 24.3 Å². The van der Waals surface area contributed by atoms with Crippen molar-refractivity contribution in [2.24, 2.45) is 4.99 Å². The highest BCUT2D eigenvalue weighted by molar-refractivity contribution is 6.31. The number of halogens is 2. The normalized spacial score (nSPS) is 28.9. The fourth-order valence-electron chi connectivity index (χ4n) is 4.62. The van der Waals surface area contributed by atoms with Gasteiger partial charge in [0.05, 0.1) is 17.8 Å². The number of allylic oxidation sites excluding steroid dienone is 1. The molecule has 30 heavy (non-hydrogen) atoms. The number of H-pyrrole nitrogens is 1. The third kappa shape index (κ3) is 3.36. The number of fused-ring (bicyclic) bond motifs is 1. The minimum atomic E-state index is -0.500. The Labute approximate surface area is 177 Å². The van der Waals surface area contributed by atoms with E-state index in [2.05, 4.69) is 25.6 Å². The second-order valence-corrected chi connectivity index (χ2v) is 8.62. The zero-order chi connectivity index (χ0) is 20.9. The Bertz CT molecular complexity index is 1070. The molecule has 5 rings (SSSR count). The van der Waals surface area contributed by atoms with E-state index < -0.39 is 17.6 Å². The quantitative estimate of drug-likeness (QED) is 0.691. The highest BCUT2D eigenvalue weighted by Crippen LogP contribution is 2.37. The summed E-state index contributed by atoms with van der Waals surface area (Å²) in [4.78, 5) is 25.1. The summed E-state index contributed by atoms with van der Waals surface area (Å²) < 4.78 is 20.2. The highest BCUT2D eigenvalue weighted by atomic mass is 35.5. The largest absolute Gasteiger partial charge is 0.441 e. The summed E-state index contributed by atoms with van der Waals surface area (Å²) in [5.41, 5.74) is 1.02. The Morgan fingerprint density at radius 3 is 3.13 bits per heavy atom. The SMILES string of the molecule is CN1C[C@]2(CCC[C@H](NC3=C(F)C=NC(c4c[nH]c5ncc(Cl)cc45)N3)C2)OC1=O. The molecular formula is C20H22ClFN6O2. The molecule has 8 nitrogen and oxygen atoms in total. The molecule has 0 radical (unpaired) electrons. The van der Waals surface area contributed by atoms with E-state index in [1.807, 2.05) is 6.07 Å². The number of rotatable bonds is 3. The van der Waals surface area contributed by atoms with Crippen LogP contribution in [0, 0.1) is 0 Å². The van der Waals surface area contributed by atoms with Crippen molar-refractivity contribution in [2.75, 3.05) is 13.6 Å². The summed E-state index contributed by atoms with van der Waals surface area (Å²) in [5.74, 6) is -0.165. The van der Waals surface area contributed by atoms with E-state index in [4.69, 9.17) is 16.3 Å². The highest BCUT2D eigenvalue weighted by Gasteiger charge is 2.47. The molecule has 3 N–H and O–H groups in total. The van der Waals surface area contributed by atoms with Gasteiger partial charge in [-0.3, -0.25) is 4.99 Å². The summed E-state index contributed by atoms with van der Waals surface area (Å²) in [6.45, 7) is 0.562. The molecule has 158 valence electrons. The van der Waals surface area contributed by atoms with Crippen LogP contribution in [0.2, 0.25) is 5.02 Å². The molecule has 3 atom stereocenters. The van der Waals surface area contributed by atoms with Gasteiger partial charge in [-0.2, -0.15) is 0 Å². The molecule has 0 bridgehead atoms. The van der Waals surface area contributed by atoms with Crippen LogP contribution in [-0.4, -0.2) is 52.4 Å². The molecule has 2 aromatic heterocycles. The van der Waals surface area contributed by atoms with E-state index in [0.717, 1.165) is 30.2 Å². The molecule has 2 fully saturated rings. The lowest BCUT2D eigenvalue weighted by Gasteiger charge is -2.37. The van der Waals surface area contributed by atoms with Crippen molar-refractivity contribution in [1.29, 1.82) is 0 Å². The molecule has 4 heterocycles. The van der Waals surface area contributed by atoms with Crippen LogP contribution >= 0.6 is 11.6 Å². The van der Waals surface area contributed by atoms with Gasteiger partial charge < -0.3 is 25.3 Å². The summed E-state index contributed by atoms with van der Waals surface area (Å²) >= 11 is 6.09. The van der Waals surface area contributed by atoms with Crippen LogP contribution in [0.3, 0.4) is 0 Å². The number of aromatic amines is 1. The van der Waals surface area contributed by atoms with Crippen LogP contribution in [0.5, 0.6) is 0 Å². The number of pyridine rings is 1. The number of amides is 1. The first-order valence-corrected chi connectivity index (χ1v) is 10.3. The average molecular weight is 433 g/mol. The predicted molar refractivity (Wildman–Crippen MR) is 111 cm³/mol. The molecule has 1 saturated heterocycles. The fraction of sp³-hybridized carbons (Fsp3) is 0.450. The van der Waals surface area contributed by atoms with Gasteiger partial charge in [0, 0.05) is 42.9 Å². The third-order valence-electron chi connectivity index (χ3n) is 5.97. The van der Waals surface area contributed by atoms with Gasteiger partial charge in [0.25, 0.3) is 0 Å². The minimum Gasteiger partial charge on any atom is -0.441 e. The van der Waals surface area contributed by atoms with Crippen molar-refractivity contribution in [2.45, 2.75) is 43.5 Å². The van der Waals surface area contributed by atoms with Crippen molar-refractivity contribution >= 4 is 34.9 Å². The van der Waals surface area contributed by atoms with Crippen molar-refractivity contribution in [3.8, 4) is 0 Å². The molecule has 3 aliphatic rings. The molecule has 1 unspecified atom stereocenters. The van der Waals surface area contributed by atoms with Crippen molar-refractivity contribution in [3.05, 3.63) is 40.7 Å². The smallest absolute Gasteiger partial charge is 0.410 e. The topological polar surface area (TPSA) is 94.6 Å². The van der Waals surface area contributed by atoms with E-state index in [0.29, 0.717) is 29.5 Å². The lowest BCUT2D eigenvalue weighted by molar-refractivity contribution is 0.0160. The zero-order valence-electron chi connectivity index (χ0n) is 16.4. The number of hydrogen-bond donors (Lipinski definition) is 3. The first-order valence-electron chi connectivity index (χ1n) is 9.95. The molecule has 1 amide bonds. The Morgan fingerprint density at radius 2 is 2.33 bits per heavy atom. The number of ether oxygens (including phenoxy) is 1. The predicted octanol–water partition coefficient (Wildman–Crippen LogP) is 3.38. The minimum absolute atomic E-state index is 0.0162. The van der Waals surface area contributed by atoms with Crippen LogP contribution in [0.25, 0.3) is 11.0 Å². The maximum atomic E-state index is 14.6. The number of aromatic nitrogens is 2. The number of hydrogen-bond acceptors (Lipinski definition) is 6. The monoisotopic (exact) mass is 432 g/mol. The summed E-state index contributed by atoms with van der Waals surface area (Å²) in [6.07, 6.45) is 7.05. The van der Waals surface area contributed by atoms with Gasteiger partial charge in [0.15, 0.2) is 5.83 Å². The van der Waals surface area contributed by atoms with Gasteiger partial charge in [-0.15, -0.1) is 0 Å². The van der Waals surface area contributed by atoms with Gasteiger partial charge in [-0.05, 0) is 25.3 Å². The first-order chi connectivity index (χ1) is 14.4. The number of carbonyl (C=O) groups excluding carboxylic acids is 1. The Kier molecular flexibility index (Phi) is 4.57. The number of aliphatic imine (C=N–C) groups is 1. The van der Waals surface area contributed by atoms with Gasteiger partial charge >= 0.3 is 6.09 Å². The molecule has 10 heteroatoms. The standard InChI is InChI=1S/C20H22ClFN6O2/c1-28-10-20(30-19(28)29)4-2-3-12(6-20)26-18-15(22)9-25-17(27-18)14-8-24-16-13(14)5-11(21)7-23-16/h5,7-9,12,17,26-27H,2-4,6,10H2,1H3,(H,23,24)/t12-,17?,20+/m0/s1. The van der Waals surface area contributed by atoms with Gasteiger partial charge in [0.1, 0.15) is 23.2 Å². The first kappa shape index (κ1) is 19.2. The Hall–Kier alpha value is -2.81. The lowest BCUT2D eigenvalue weighted by atomic mass is 9.81. The van der Waals surface area contributed by atoms with Crippen LogP contribution in [0.1, 0.15) is 37.4 Å². The molecular weight excluding hydrogens is 411 g/mol. The zero-order valence-corrected chi connectivity index (χ0v) is 17.2. The van der Waals surface area contributed by atoms with Crippen molar-refractivity contribution in [1.82, 2.24) is 25.5 Å². The number of carbonyl (C=O) groups is 1. The Balaban J connectivity index is 1.33. The lowest BCUT2D eigenvalue weighted by Crippen LogP contribution is -2.48. The number of nitrogens with one attached hydrogen (secondary N) is 3. The number of likely N-dealkylation sites (N-methyl/N-ethyl adjacent to an activating group) is 1. The second kappa shape index (κ2) is 7.16. The maximum absolute atomic E-state index is 14.6. The molecule has 2 aliphatic heterocycles. The summed E-state index contributed by atoms with van der Waals surface area (Å²) in [5, 5.41) is 7.78. The van der Waals surface area contributed by atoms with Crippen molar-refractivity contribution in [3.63, 3.8) is 0 Å². The summed E-state index contributed by atoms with van der Waals surface area (Å²) in [7, 11) is 1.74. The fourth-order valence-corrected chi connectivity index (χ4v) is 4.78. The molecule has 1 saturated carbocycles. The van der Waals surface area contributed by atoms with Crippen molar-refractivity contribution < 1.29 is 13.9 Å². The Morgan fingerprint density at radius 1 is 1.47 bits per heavy atom. The van der Waals surface area contributed by atoms with Gasteiger partial charge in [-0.1, -0.05) is 11.6 Å². The van der Waals surface area contributed by atoms with Crippen LogP contribution in [0.15, 0.2) is 35.1 Å². The maximum Gasteiger partial charge on any atom is 0.410 e. The molecule has 0 aromatic carbocycles. The van der Waals surface area contributed by atoms with E-state index >= 15 is 0 Å². The second-order valence-electron chi connectivity index (χ2n) is 8.19. The van der Waals surface area contributed by atoms with Gasteiger partial charge in [-0.25, -0.2) is 14.2 Å².